The molecule has 144 valence electrons. The highest BCUT2D eigenvalue weighted by Crippen LogP contribution is 2.25. The SMILES string of the molecule is COc1cc(/C=C(\C#N)C(=O)Nc2ccccc2)ccc1Cc1cccc(F)c1. The lowest BCUT2D eigenvalue weighted by molar-refractivity contribution is -0.112. The van der Waals surface area contributed by atoms with E-state index in [1.54, 1.807) is 49.6 Å². The Morgan fingerprint density at radius 3 is 2.59 bits per heavy atom. The van der Waals surface area contributed by atoms with Gasteiger partial charge >= 0.3 is 0 Å². The first kappa shape index (κ1) is 19.8. The average Bonchev–Trinajstić information content (AvgIpc) is 2.73. The number of nitriles is 1. The van der Waals surface area contributed by atoms with Gasteiger partial charge in [0.1, 0.15) is 23.2 Å². The Morgan fingerprint density at radius 2 is 1.90 bits per heavy atom. The molecule has 0 aliphatic heterocycles. The normalized spacial score (nSPS) is 10.9. The Kier molecular flexibility index (Phi) is 6.39. The monoisotopic (exact) mass is 386 g/mol. The molecule has 3 aromatic carbocycles. The molecule has 0 radical (unpaired) electrons. The van der Waals surface area contributed by atoms with Crippen LogP contribution in [0.5, 0.6) is 5.75 Å². The number of anilines is 1. The van der Waals surface area contributed by atoms with Crippen LogP contribution in [-0.2, 0) is 11.2 Å². The van der Waals surface area contributed by atoms with Crippen LogP contribution in [0, 0.1) is 17.1 Å². The zero-order chi connectivity index (χ0) is 20.6. The molecule has 0 bridgehead atoms. The van der Waals surface area contributed by atoms with Gasteiger partial charge in [0, 0.05) is 12.1 Å². The van der Waals surface area contributed by atoms with Crippen LogP contribution in [0.15, 0.2) is 78.4 Å². The number of rotatable bonds is 6. The van der Waals surface area contributed by atoms with Crippen LogP contribution < -0.4 is 10.1 Å². The van der Waals surface area contributed by atoms with Crippen molar-refractivity contribution in [1.29, 1.82) is 5.26 Å². The fourth-order valence-corrected chi connectivity index (χ4v) is 2.90. The van der Waals surface area contributed by atoms with Crippen molar-refractivity contribution < 1.29 is 13.9 Å². The number of hydrogen-bond donors (Lipinski definition) is 1. The van der Waals surface area contributed by atoms with Crippen molar-refractivity contribution in [3.63, 3.8) is 0 Å². The average molecular weight is 386 g/mol. The van der Waals surface area contributed by atoms with E-state index in [2.05, 4.69) is 5.32 Å². The van der Waals surface area contributed by atoms with Crippen LogP contribution in [0.4, 0.5) is 10.1 Å². The third kappa shape index (κ3) is 5.30. The smallest absolute Gasteiger partial charge is 0.266 e. The third-order valence-electron chi connectivity index (χ3n) is 4.30. The number of carbonyl (C=O) groups is 1. The second-order valence-electron chi connectivity index (χ2n) is 6.37. The van der Waals surface area contributed by atoms with E-state index in [9.17, 15) is 14.4 Å². The molecule has 0 saturated carbocycles. The predicted molar refractivity (Wildman–Crippen MR) is 111 cm³/mol. The highest BCUT2D eigenvalue weighted by atomic mass is 19.1. The molecule has 0 aliphatic rings. The molecule has 0 saturated heterocycles. The van der Waals surface area contributed by atoms with Crippen molar-refractivity contribution in [2.24, 2.45) is 0 Å². The lowest BCUT2D eigenvalue weighted by Crippen LogP contribution is -2.13. The van der Waals surface area contributed by atoms with Crippen LogP contribution in [0.1, 0.15) is 16.7 Å². The Bertz CT molecular complexity index is 1090. The van der Waals surface area contributed by atoms with Crippen LogP contribution in [0.2, 0.25) is 0 Å². The fourth-order valence-electron chi connectivity index (χ4n) is 2.90. The zero-order valence-corrected chi connectivity index (χ0v) is 15.9. The molecule has 29 heavy (non-hydrogen) atoms. The molecule has 3 aromatic rings. The number of carbonyl (C=O) groups excluding carboxylic acids is 1. The van der Waals surface area contributed by atoms with Gasteiger partial charge in [0.2, 0.25) is 0 Å². The van der Waals surface area contributed by atoms with Gasteiger partial charge in [0.25, 0.3) is 5.91 Å². The van der Waals surface area contributed by atoms with E-state index in [-0.39, 0.29) is 11.4 Å². The minimum absolute atomic E-state index is 0.0196. The van der Waals surface area contributed by atoms with Crippen LogP contribution in [0.3, 0.4) is 0 Å². The molecule has 5 heteroatoms. The lowest BCUT2D eigenvalue weighted by atomic mass is 10.0. The number of para-hydroxylation sites is 1. The molecule has 0 atom stereocenters. The molecule has 0 aliphatic carbocycles. The Hall–Kier alpha value is -3.91. The molecule has 0 spiro atoms. The summed E-state index contributed by atoms with van der Waals surface area (Å²) in [5.74, 6) is -0.172. The Labute approximate surface area is 168 Å². The summed E-state index contributed by atoms with van der Waals surface area (Å²) in [6, 6.07) is 22.7. The number of nitrogens with one attached hydrogen (secondary N) is 1. The summed E-state index contributed by atoms with van der Waals surface area (Å²) in [6.45, 7) is 0. The van der Waals surface area contributed by atoms with Crippen molar-refractivity contribution in [2.75, 3.05) is 12.4 Å². The molecular weight excluding hydrogens is 367 g/mol. The van der Waals surface area contributed by atoms with Gasteiger partial charge in [-0.1, -0.05) is 42.5 Å². The van der Waals surface area contributed by atoms with Crippen LogP contribution in [0.25, 0.3) is 6.08 Å². The standard InChI is InChI=1S/C24H19FN2O2/c1-29-23-15-18(10-11-19(23)12-17-6-5-7-21(25)14-17)13-20(16-26)24(28)27-22-8-3-2-4-9-22/h2-11,13-15H,12H2,1H3,(H,27,28)/b20-13+. The van der Waals surface area contributed by atoms with Crippen molar-refractivity contribution in [2.45, 2.75) is 6.42 Å². The van der Waals surface area contributed by atoms with Gasteiger partial charge < -0.3 is 10.1 Å². The first-order valence-corrected chi connectivity index (χ1v) is 8.98. The first-order valence-electron chi connectivity index (χ1n) is 8.98. The molecule has 0 aromatic heterocycles. The molecule has 3 rings (SSSR count). The number of hydrogen-bond acceptors (Lipinski definition) is 3. The Balaban J connectivity index is 1.82. The maximum atomic E-state index is 13.4. The van der Waals surface area contributed by atoms with Crippen molar-refractivity contribution in [3.05, 3.63) is 101 Å². The predicted octanol–water partition coefficient (Wildman–Crippen LogP) is 4.97. The van der Waals surface area contributed by atoms with Gasteiger partial charge in [0.05, 0.1) is 7.11 Å². The molecule has 0 heterocycles. The van der Waals surface area contributed by atoms with Gasteiger partial charge in [-0.15, -0.1) is 0 Å². The summed E-state index contributed by atoms with van der Waals surface area (Å²) in [6.07, 6.45) is 2.01. The quantitative estimate of drug-likeness (QED) is 0.481. The first-order chi connectivity index (χ1) is 14.1. The summed E-state index contributed by atoms with van der Waals surface area (Å²) in [7, 11) is 1.55. The minimum atomic E-state index is -0.485. The summed E-state index contributed by atoms with van der Waals surface area (Å²) in [4.78, 5) is 12.4. The zero-order valence-electron chi connectivity index (χ0n) is 15.9. The largest absolute Gasteiger partial charge is 0.496 e. The molecule has 0 fully saturated rings. The summed E-state index contributed by atoms with van der Waals surface area (Å²) in [5, 5.41) is 12.1. The third-order valence-corrected chi connectivity index (χ3v) is 4.30. The summed E-state index contributed by atoms with van der Waals surface area (Å²) >= 11 is 0. The van der Waals surface area contributed by atoms with Crippen molar-refractivity contribution in [1.82, 2.24) is 0 Å². The number of ether oxygens (including phenoxy) is 1. The number of nitrogens with zero attached hydrogens (tertiary/aromatic N) is 1. The highest BCUT2D eigenvalue weighted by Gasteiger charge is 2.11. The second kappa shape index (κ2) is 9.34. The van der Waals surface area contributed by atoms with Gasteiger partial charge in [-0.05, 0) is 53.1 Å². The molecule has 4 nitrogen and oxygen atoms in total. The number of halogens is 1. The number of methoxy groups -OCH3 is 1. The van der Waals surface area contributed by atoms with Gasteiger partial charge in [0.15, 0.2) is 0 Å². The highest BCUT2D eigenvalue weighted by molar-refractivity contribution is 6.09. The van der Waals surface area contributed by atoms with Crippen LogP contribution >= 0.6 is 0 Å². The van der Waals surface area contributed by atoms with Gasteiger partial charge in [-0.2, -0.15) is 5.26 Å². The van der Waals surface area contributed by atoms with E-state index in [4.69, 9.17) is 4.74 Å². The molecule has 1 amide bonds. The molecule has 0 unspecified atom stereocenters. The van der Waals surface area contributed by atoms with Crippen LogP contribution in [-0.4, -0.2) is 13.0 Å². The van der Waals surface area contributed by atoms with E-state index in [1.807, 2.05) is 24.3 Å². The van der Waals surface area contributed by atoms with Gasteiger partial charge in [-0.3, -0.25) is 4.79 Å². The summed E-state index contributed by atoms with van der Waals surface area (Å²) < 4.78 is 18.9. The number of amides is 1. The number of benzene rings is 3. The van der Waals surface area contributed by atoms with Crippen molar-refractivity contribution >= 4 is 17.7 Å². The Morgan fingerprint density at radius 1 is 1.10 bits per heavy atom. The summed E-state index contributed by atoms with van der Waals surface area (Å²) in [5.41, 5.74) is 2.95. The van der Waals surface area contributed by atoms with E-state index < -0.39 is 5.91 Å². The van der Waals surface area contributed by atoms with Crippen molar-refractivity contribution in [3.8, 4) is 11.8 Å². The minimum Gasteiger partial charge on any atom is -0.496 e. The molecular formula is C24H19FN2O2. The van der Waals surface area contributed by atoms with E-state index in [0.717, 1.165) is 11.1 Å². The van der Waals surface area contributed by atoms with E-state index >= 15 is 0 Å². The fraction of sp³-hybridized carbons (Fsp3) is 0.0833. The maximum Gasteiger partial charge on any atom is 0.266 e. The second-order valence-corrected chi connectivity index (χ2v) is 6.37. The van der Waals surface area contributed by atoms with E-state index in [1.165, 1.54) is 18.2 Å². The lowest BCUT2D eigenvalue weighted by Gasteiger charge is -2.10. The van der Waals surface area contributed by atoms with Gasteiger partial charge in [-0.25, -0.2) is 4.39 Å². The molecule has 1 N–H and O–H groups in total. The topological polar surface area (TPSA) is 62.1 Å². The van der Waals surface area contributed by atoms with E-state index in [0.29, 0.717) is 23.4 Å². The maximum absolute atomic E-state index is 13.4.